The van der Waals surface area contributed by atoms with Crippen LogP contribution in [0.25, 0.3) is 0 Å². The molecule has 2 aromatic carbocycles. The molecular formula is C21H23NO3. The normalized spacial score (nSPS) is 17.0. The molecule has 25 heavy (non-hydrogen) atoms. The minimum absolute atomic E-state index is 0.0309. The van der Waals surface area contributed by atoms with Crippen LogP contribution in [0.3, 0.4) is 0 Å². The van der Waals surface area contributed by atoms with Crippen LogP contribution in [0, 0.1) is 33.6 Å². The lowest BCUT2D eigenvalue weighted by atomic mass is 10.1. The third-order valence-corrected chi connectivity index (χ3v) is 5.09. The molecule has 0 aliphatic carbocycles. The summed E-state index contributed by atoms with van der Waals surface area (Å²) < 4.78 is 5.58. The molecule has 3 rings (SSSR count). The van der Waals surface area contributed by atoms with E-state index in [4.69, 9.17) is 4.74 Å². The SMILES string of the molecule is Cc1cccc(OC(=O)[C@H]2CC(=O)N(c3cccc(C)c3C)C2)c1C. The summed E-state index contributed by atoms with van der Waals surface area (Å²) in [6.45, 7) is 8.30. The first-order valence-electron chi connectivity index (χ1n) is 8.53. The summed E-state index contributed by atoms with van der Waals surface area (Å²) in [6, 6.07) is 11.5. The molecule has 1 aliphatic rings. The van der Waals surface area contributed by atoms with Crippen LogP contribution in [0.2, 0.25) is 0 Å². The van der Waals surface area contributed by atoms with Gasteiger partial charge in [0, 0.05) is 18.7 Å². The fourth-order valence-electron chi connectivity index (χ4n) is 3.15. The highest BCUT2D eigenvalue weighted by Gasteiger charge is 2.37. The highest BCUT2D eigenvalue weighted by Crippen LogP contribution is 2.30. The molecule has 1 saturated heterocycles. The second kappa shape index (κ2) is 6.71. The van der Waals surface area contributed by atoms with Crippen LogP contribution in [0.5, 0.6) is 5.75 Å². The Bertz CT molecular complexity index is 841. The smallest absolute Gasteiger partial charge is 0.316 e. The molecule has 0 radical (unpaired) electrons. The molecule has 4 heteroatoms. The van der Waals surface area contributed by atoms with Crippen molar-refractivity contribution in [3.05, 3.63) is 58.7 Å². The maximum Gasteiger partial charge on any atom is 0.316 e. The largest absolute Gasteiger partial charge is 0.426 e. The monoisotopic (exact) mass is 337 g/mol. The summed E-state index contributed by atoms with van der Waals surface area (Å²) in [5.41, 5.74) is 5.11. The van der Waals surface area contributed by atoms with Crippen LogP contribution in [0.4, 0.5) is 5.69 Å². The number of anilines is 1. The molecule has 0 unspecified atom stereocenters. The zero-order valence-electron chi connectivity index (χ0n) is 15.1. The number of benzene rings is 2. The summed E-state index contributed by atoms with van der Waals surface area (Å²) in [7, 11) is 0. The second-order valence-electron chi connectivity index (χ2n) is 6.74. The molecule has 0 saturated carbocycles. The molecule has 1 aliphatic heterocycles. The number of nitrogens with zero attached hydrogens (tertiary/aromatic N) is 1. The summed E-state index contributed by atoms with van der Waals surface area (Å²) >= 11 is 0. The van der Waals surface area contributed by atoms with E-state index in [-0.39, 0.29) is 18.3 Å². The van der Waals surface area contributed by atoms with Crippen LogP contribution in [-0.2, 0) is 9.59 Å². The van der Waals surface area contributed by atoms with E-state index in [2.05, 4.69) is 0 Å². The average Bonchev–Trinajstić information content (AvgIpc) is 2.96. The predicted octanol–water partition coefficient (Wildman–Crippen LogP) is 3.88. The van der Waals surface area contributed by atoms with Gasteiger partial charge in [-0.25, -0.2) is 0 Å². The van der Waals surface area contributed by atoms with Crippen molar-refractivity contribution in [1.29, 1.82) is 0 Å². The van der Waals surface area contributed by atoms with Gasteiger partial charge in [-0.15, -0.1) is 0 Å². The molecular weight excluding hydrogens is 314 g/mol. The number of hydrogen-bond donors (Lipinski definition) is 0. The minimum Gasteiger partial charge on any atom is -0.426 e. The van der Waals surface area contributed by atoms with Crippen LogP contribution in [0.15, 0.2) is 36.4 Å². The van der Waals surface area contributed by atoms with Crippen molar-refractivity contribution in [1.82, 2.24) is 0 Å². The lowest BCUT2D eigenvalue weighted by Crippen LogP contribution is -2.28. The van der Waals surface area contributed by atoms with Gasteiger partial charge in [-0.2, -0.15) is 0 Å². The van der Waals surface area contributed by atoms with E-state index >= 15 is 0 Å². The number of carbonyl (C=O) groups excluding carboxylic acids is 2. The quantitative estimate of drug-likeness (QED) is 0.631. The maximum atomic E-state index is 12.6. The van der Waals surface area contributed by atoms with Crippen LogP contribution < -0.4 is 9.64 Å². The number of carbonyl (C=O) groups is 2. The van der Waals surface area contributed by atoms with Gasteiger partial charge in [0.25, 0.3) is 0 Å². The summed E-state index contributed by atoms with van der Waals surface area (Å²) in [5, 5.41) is 0. The van der Waals surface area contributed by atoms with Crippen molar-refractivity contribution in [2.24, 2.45) is 5.92 Å². The van der Waals surface area contributed by atoms with E-state index < -0.39 is 5.92 Å². The number of rotatable bonds is 3. The fraction of sp³-hybridized carbons (Fsp3) is 0.333. The van der Waals surface area contributed by atoms with Crippen molar-refractivity contribution in [3.63, 3.8) is 0 Å². The topological polar surface area (TPSA) is 46.6 Å². The molecule has 1 heterocycles. The van der Waals surface area contributed by atoms with Gasteiger partial charge < -0.3 is 9.64 Å². The van der Waals surface area contributed by atoms with Crippen molar-refractivity contribution in [2.45, 2.75) is 34.1 Å². The van der Waals surface area contributed by atoms with E-state index in [0.29, 0.717) is 12.3 Å². The van der Waals surface area contributed by atoms with Crippen LogP contribution >= 0.6 is 0 Å². The average molecular weight is 337 g/mol. The Hall–Kier alpha value is -2.62. The Labute approximate surface area is 148 Å². The molecule has 4 nitrogen and oxygen atoms in total. The van der Waals surface area contributed by atoms with E-state index in [9.17, 15) is 9.59 Å². The molecule has 1 amide bonds. The van der Waals surface area contributed by atoms with E-state index in [1.165, 1.54) is 0 Å². The zero-order valence-corrected chi connectivity index (χ0v) is 15.1. The van der Waals surface area contributed by atoms with Gasteiger partial charge in [-0.3, -0.25) is 9.59 Å². The van der Waals surface area contributed by atoms with Crippen LogP contribution in [0.1, 0.15) is 28.7 Å². The van der Waals surface area contributed by atoms with Gasteiger partial charge >= 0.3 is 5.97 Å². The summed E-state index contributed by atoms with van der Waals surface area (Å²) in [5.74, 6) is -0.235. The highest BCUT2D eigenvalue weighted by molar-refractivity contribution is 6.00. The summed E-state index contributed by atoms with van der Waals surface area (Å²) in [4.78, 5) is 26.7. The molecule has 0 bridgehead atoms. The molecule has 0 aromatic heterocycles. The first-order valence-corrected chi connectivity index (χ1v) is 8.53. The molecule has 0 spiro atoms. The van der Waals surface area contributed by atoms with Gasteiger partial charge in [0.05, 0.1) is 5.92 Å². The second-order valence-corrected chi connectivity index (χ2v) is 6.74. The number of hydrogen-bond acceptors (Lipinski definition) is 3. The van der Waals surface area contributed by atoms with Crippen molar-refractivity contribution < 1.29 is 14.3 Å². The molecule has 1 atom stereocenters. The standard InChI is InChI=1S/C21H23NO3/c1-13-7-5-9-18(15(13)3)22-12-17(11-20(22)23)21(24)25-19-10-6-8-14(2)16(19)4/h5-10,17H,11-12H2,1-4H3/t17-/m0/s1. The minimum atomic E-state index is -0.438. The number of amides is 1. The van der Waals surface area contributed by atoms with Crippen LogP contribution in [-0.4, -0.2) is 18.4 Å². The van der Waals surface area contributed by atoms with E-state index in [0.717, 1.165) is 27.9 Å². The number of aryl methyl sites for hydroxylation is 2. The Morgan fingerprint density at radius 3 is 2.36 bits per heavy atom. The first-order chi connectivity index (χ1) is 11.9. The third-order valence-electron chi connectivity index (χ3n) is 5.09. The molecule has 1 fully saturated rings. The lowest BCUT2D eigenvalue weighted by molar-refractivity contribution is -0.139. The number of esters is 1. The number of ether oxygens (including phenoxy) is 1. The summed E-state index contributed by atoms with van der Waals surface area (Å²) in [6.07, 6.45) is 0.192. The Morgan fingerprint density at radius 1 is 1.00 bits per heavy atom. The lowest BCUT2D eigenvalue weighted by Gasteiger charge is -2.20. The predicted molar refractivity (Wildman–Crippen MR) is 97.9 cm³/mol. The van der Waals surface area contributed by atoms with Gasteiger partial charge in [-0.05, 0) is 62.1 Å². The molecule has 0 N–H and O–H groups in total. The Balaban J connectivity index is 1.77. The molecule has 2 aromatic rings. The van der Waals surface area contributed by atoms with Crippen molar-refractivity contribution in [2.75, 3.05) is 11.4 Å². The van der Waals surface area contributed by atoms with E-state index in [1.54, 1.807) is 11.0 Å². The van der Waals surface area contributed by atoms with Crippen molar-refractivity contribution in [3.8, 4) is 5.75 Å². The van der Waals surface area contributed by atoms with Gasteiger partial charge in [0.1, 0.15) is 5.75 Å². The van der Waals surface area contributed by atoms with Gasteiger partial charge in [0.15, 0.2) is 0 Å². The zero-order chi connectivity index (χ0) is 18.1. The highest BCUT2D eigenvalue weighted by atomic mass is 16.5. The van der Waals surface area contributed by atoms with Gasteiger partial charge in [0.2, 0.25) is 5.91 Å². The Morgan fingerprint density at radius 2 is 1.64 bits per heavy atom. The Kier molecular flexibility index (Phi) is 4.62. The third kappa shape index (κ3) is 3.29. The molecule has 130 valence electrons. The maximum absolute atomic E-state index is 12.6. The van der Waals surface area contributed by atoms with Gasteiger partial charge in [-0.1, -0.05) is 24.3 Å². The fourth-order valence-corrected chi connectivity index (χ4v) is 3.15. The van der Waals surface area contributed by atoms with E-state index in [1.807, 2.05) is 58.0 Å². The first kappa shape index (κ1) is 17.2. The van der Waals surface area contributed by atoms with Crippen molar-refractivity contribution >= 4 is 17.6 Å².